The normalized spacial score (nSPS) is 23.6. The van der Waals surface area contributed by atoms with Gasteiger partial charge in [0.1, 0.15) is 28.0 Å². The Bertz CT molecular complexity index is 1720. The Morgan fingerprint density at radius 1 is 0.796 bits per heavy atom. The summed E-state index contributed by atoms with van der Waals surface area (Å²) < 4.78 is 159. The van der Waals surface area contributed by atoms with Gasteiger partial charge in [-0.25, -0.2) is 21.6 Å². The van der Waals surface area contributed by atoms with Crippen molar-refractivity contribution in [1.82, 2.24) is 0 Å². The lowest BCUT2D eigenvalue weighted by atomic mass is 9.67. The number of halogens is 9. The molecule has 266 valence electrons. The second-order valence-electron chi connectivity index (χ2n) is 12.6. The van der Waals surface area contributed by atoms with Crippen molar-refractivity contribution in [1.29, 1.82) is 0 Å². The third-order valence-corrected chi connectivity index (χ3v) is 12.1. The molecule has 5 rings (SSSR count). The van der Waals surface area contributed by atoms with Crippen molar-refractivity contribution in [2.45, 2.75) is 85.3 Å². The molecule has 5 nitrogen and oxygen atoms in total. The maximum atomic E-state index is 14.5. The van der Waals surface area contributed by atoms with E-state index in [1.54, 1.807) is 0 Å². The van der Waals surface area contributed by atoms with Gasteiger partial charge in [-0.2, -0.15) is 26.3 Å². The van der Waals surface area contributed by atoms with Gasteiger partial charge in [-0.05, 0) is 86.4 Å². The highest BCUT2D eigenvalue weighted by molar-refractivity contribution is 7.92. The molecule has 49 heavy (non-hydrogen) atoms. The number of carbonyl (C=O) groups is 1. The molecular weight excluding hydrogens is 691 g/mol. The fourth-order valence-electron chi connectivity index (χ4n) is 6.91. The van der Waals surface area contributed by atoms with E-state index in [-0.39, 0.29) is 41.4 Å². The van der Waals surface area contributed by atoms with Gasteiger partial charge >= 0.3 is 12.4 Å². The fraction of sp³-hybridized carbons (Fsp3) is 0.441. The van der Waals surface area contributed by atoms with Gasteiger partial charge in [0, 0.05) is 23.5 Å². The highest BCUT2D eigenvalue weighted by atomic mass is 32.2. The Morgan fingerprint density at radius 2 is 1.33 bits per heavy atom. The van der Waals surface area contributed by atoms with Crippen molar-refractivity contribution in [3.05, 3.63) is 101 Å². The Morgan fingerprint density at radius 3 is 1.84 bits per heavy atom. The lowest BCUT2D eigenvalue weighted by Gasteiger charge is -2.47. The predicted octanol–water partition coefficient (Wildman–Crippen LogP) is 8.23. The van der Waals surface area contributed by atoms with Crippen LogP contribution < -0.4 is 0 Å². The van der Waals surface area contributed by atoms with E-state index in [1.165, 1.54) is 0 Å². The number of Topliss-reactive ketones (excluding diaryl/α,β-unsaturated/α-hetero) is 1. The number of ether oxygens (including phenoxy) is 1. The number of sulfone groups is 1. The number of hydrogen-bond donors (Lipinski definition) is 1. The van der Waals surface area contributed by atoms with Gasteiger partial charge < -0.3 is 9.84 Å². The first-order chi connectivity index (χ1) is 22.8. The van der Waals surface area contributed by atoms with E-state index in [2.05, 4.69) is 4.74 Å². The fourth-order valence-corrected chi connectivity index (χ4v) is 9.21. The molecule has 2 saturated carbocycles. The number of benzene rings is 3. The van der Waals surface area contributed by atoms with E-state index in [9.17, 15) is 57.8 Å². The first kappa shape index (κ1) is 36.8. The Hall–Kier alpha value is -3.43. The first-order valence-electron chi connectivity index (χ1n) is 15.3. The lowest BCUT2D eigenvalue weighted by Crippen LogP contribution is -2.56. The van der Waals surface area contributed by atoms with Crippen LogP contribution in [0.15, 0.2) is 71.6 Å². The van der Waals surface area contributed by atoms with E-state index in [1.807, 2.05) is 0 Å². The molecule has 0 atom stereocenters. The van der Waals surface area contributed by atoms with Crippen LogP contribution in [-0.4, -0.2) is 37.8 Å². The number of aliphatic hydroxyl groups excluding tert-OH is 1. The van der Waals surface area contributed by atoms with Gasteiger partial charge in [-0.1, -0.05) is 30.3 Å². The number of hydrogen-bond acceptors (Lipinski definition) is 5. The quantitative estimate of drug-likeness (QED) is 0.169. The van der Waals surface area contributed by atoms with Gasteiger partial charge in [0.2, 0.25) is 0 Å². The molecule has 3 aromatic carbocycles. The highest BCUT2D eigenvalue weighted by Crippen LogP contribution is 2.57. The van der Waals surface area contributed by atoms with Crippen molar-refractivity contribution in [3.8, 4) is 0 Å². The second-order valence-corrected chi connectivity index (χ2v) is 14.9. The summed E-state index contributed by atoms with van der Waals surface area (Å²) in [5.41, 5.74) is -7.93. The van der Waals surface area contributed by atoms with Crippen LogP contribution in [0.2, 0.25) is 0 Å². The average Bonchev–Trinajstić information content (AvgIpc) is 2.99. The summed E-state index contributed by atoms with van der Waals surface area (Å²) in [6.45, 7) is -1.75. The summed E-state index contributed by atoms with van der Waals surface area (Å²) in [7, 11) is -4.47. The van der Waals surface area contributed by atoms with E-state index < -0.39 is 79.7 Å². The SMILES string of the molecule is O=C(CC1CC(c2ccc(C(OCc3c(F)cccc3F)(C(F)(F)F)C(F)(F)F)cc2)(S(=O)(=O)c2ccc(F)cc2)C1)C1CCC(O)CC1. The van der Waals surface area contributed by atoms with Crippen molar-refractivity contribution < 1.29 is 62.6 Å². The molecule has 0 spiro atoms. The molecular formula is C34H31F9O5S. The zero-order valence-electron chi connectivity index (χ0n) is 25.6. The predicted molar refractivity (Wildman–Crippen MR) is 157 cm³/mol. The molecule has 2 fully saturated rings. The minimum absolute atomic E-state index is 0.0226. The Labute approximate surface area is 276 Å². The van der Waals surface area contributed by atoms with E-state index >= 15 is 0 Å². The second kappa shape index (κ2) is 13.4. The molecule has 0 heterocycles. The average molecular weight is 723 g/mol. The number of alkyl halides is 6. The molecule has 15 heteroatoms. The summed E-state index contributed by atoms with van der Waals surface area (Å²) in [5.74, 6) is -4.58. The van der Waals surface area contributed by atoms with Crippen LogP contribution in [0.25, 0.3) is 0 Å². The molecule has 0 radical (unpaired) electrons. The monoisotopic (exact) mass is 722 g/mol. The van der Waals surface area contributed by atoms with Crippen molar-refractivity contribution >= 4 is 15.6 Å². The Balaban J connectivity index is 1.52. The molecule has 3 aromatic rings. The zero-order valence-corrected chi connectivity index (χ0v) is 26.4. The summed E-state index contributed by atoms with van der Waals surface area (Å²) in [6.07, 6.45) is -11.6. The van der Waals surface area contributed by atoms with Gasteiger partial charge in [-0.15, -0.1) is 0 Å². The highest BCUT2D eigenvalue weighted by Gasteiger charge is 2.73. The van der Waals surface area contributed by atoms with E-state index in [0.29, 0.717) is 49.9 Å². The summed E-state index contributed by atoms with van der Waals surface area (Å²) in [6, 6.07) is 8.27. The molecule has 0 amide bonds. The van der Waals surface area contributed by atoms with Crippen LogP contribution in [0.3, 0.4) is 0 Å². The largest absolute Gasteiger partial charge is 0.430 e. The molecule has 0 saturated heterocycles. The van der Waals surface area contributed by atoms with E-state index in [4.69, 9.17) is 0 Å². The zero-order chi connectivity index (χ0) is 36.0. The standard InChI is InChI=1S/C34H31F9O5S/c35-24-10-14-26(15-11-24)49(46,47)31(17-20(18-31)16-30(45)21-4-12-25(44)13-5-21)22-6-8-23(9-7-22)32(33(38,39)40,34(41,42)43)48-19-27-28(36)2-1-3-29(27)37/h1-3,6-11,14-15,20-21,25,44H,4-5,12-13,16-19H2. The number of aliphatic hydroxyl groups is 1. The van der Waals surface area contributed by atoms with Crippen LogP contribution in [0, 0.1) is 29.3 Å². The maximum Gasteiger partial charge on any atom is 0.430 e. The molecule has 1 N–H and O–H groups in total. The maximum absolute atomic E-state index is 14.5. The topological polar surface area (TPSA) is 80.7 Å². The van der Waals surface area contributed by atoms with Crippen molar-refractivity contribution in [2.75, 3.05) is 0 Å². The molecule has 0 unspecified atom stereocenters. The van der Waals surface area contributed by atoms with Gasteiger partial charge in [0.25, 0.3) is 5.60 Å². The molecule has 2 aliphatic carbocycles. The Kier molecular flexibility index (Phi) is 10.0. The number of ketones is 1. The van der Waals surface area contributed by atoms with Gasteiger partial charge in [0.15, 0.2) is 9.84 Å². The lowest BCUT2D eigenvalue weighted by molar-refractivity contribution is -0.392. The van der Waals surface area contributed by atoms with Gasteiger partial charge in [-0.3, -0.25) is 4.79 Å². The molecule has 2 aliphatic rings. The van der Waals surface area contributed by atoms with Crippen molar-refractivity contribution in [2.24, 2.45) is 11.8 Å². The molecule has 0 bridgehead atoms. The molecule has 0 aromatic heterocycles. The third-order valence-electron chi connectivity index (χ3n) is 9.63. The van der Waals surface area contributed by atoms with Crippen LogP contribution in [0.4, 0.5) is 39.5 Å². The smallest absolute Gasteiger partial charge is 0.393 e. The van der Waals surface area contributed by atoms with Crippen LogP contribution >= 0.6 is 0 Å². The summed E-state index contributed by atoms with van der Waals surface area (Å²) in [4.78, 5) is 12.7. The summed E-state index contributed by atoms with van der Waals surface area (Å²) in [5, 5.41) is 9.76. The minimum Gasteiger partial charge on any atom is -0.393 e. The minimum atomic E-state index is -6.20. The van der Waals surface area contributed by atoms with Crippen LogP contribution in [0.5, 0.6) is 0 Å². The van der Waals surface area contributed by atoms with Crippen LogP contribution in [0.1, 0.15) is 61.6 Å². The van der Waals surface area contributed by atoms with E-state index in [0.717, 1.165) is 42.5 Å². The van der Waals surface area contributed by atoms with Crippen molar-refractivity contribution in [3.63, 3.8) is 0 Å². The number of rotatable bonds is 10. The number of carbonyl (C=O) groups excluding carboxylic acids is 1. The first-order valence-corrected chi connectivity index (χ1v) is 16.8. The van der Waals surface area contributed by atoms with Gasteiger partial charge in [0.05, 0.1) is 17.6 Å². The summed E-state index contributed by atoms with van der Waals surface area (Å²) >= 11 is 0. The molecule has 0 aliphatic heterocycles. The third kappa shape index (κ3) is 6.73. The van der Waals surface area contributed by atoms with Crippen LogP contribution in [-0.2, 0) is 36.3 Å².